The summed E-state index contributed by atoms with van der Waals surface area (Å²) >= 11 is 0. The van der Waals surface area contributed by atoms with Gasteiger partial charge in [-0.2, -0.15) is 5.10 Å². The van der Waals surface area contributed by atoms with Crippen molar-refractivity contribution < 1.29 is 4.79 Å². The maximum atomic E-state index is 12.5. The maximum Gasteiger partial charge on any atom is 0.222 e. The number of carbonyl (C=O) groups excluding carboxylic acids is 1. The number of fused-ring (bicyclic) bond motifs is 1. The molecule has 1 aliphatic heterocycles. The SMILES string of the molecule is Cc1nccn1CCCC(=O)N1CCc2nnc(N(C)C)cc2C1. The zero-order valence-corrected chi connectivity index (χ0v) is 14.6. The van der Waals surface area contributed by atoms with Crippen LogP contribution in [0.3, 0.4) is 0 Å². The molecule has 7 nitrogen and oxygen atoms in total. The predicted molar refractivity (Wildman–Crippen MR) is 91.7 cm³/mol. The zero-order chi connectivity index (χ0) is 17.1. The molecule has 0 saturated carbocycles. The highest BCUT2D eigenvalue weighted by Gasteiger charge is 2.22. The summed E-state index contributed by atoms with van der Waals surface area (Å²) in [5.41, 5.74) is 2.12. The Bertz CT molecular complexity index is 724. The number of imidazole rings is 1. The first-order chi connectivity index (χ1) is 11.5. The van der Waals surface area contributed by atoms with Crippen LogP contribution in [-0.2, 0) is 24.3 Å². The van der Waals surface area contributed by atoms with E-state index < -0.39 is 0 Å². The highest BCUT2D eigenvalue weighted by atomic mass is 16.2. The molecule has 3 heterocycles. The van der Waals surface area contributed by atoms with Gasteiger partial charge in [0.25, 0.3) is 0 Å². The minimum absolute atomic E-state index is 0.210. The largest absolute Gasteiger partial charge is 0.361 e. The van der Waals surface area contributed by atoms with E-state index in [-0.39, 0.29) is 5.91 Å². The molecular weight excluding hydrogens is 304 g/mol. The monoisotopic (exact) mass is 328 g/mol. The number of nitrogens with zero attached hydrogens (tertiary/aromatic N) is 6. The topological polar surface area (TPSA) is 67.2 Å². The molecule has 0 fully saturated rings. The quantitative estimate of drug-likeness (QED) is 0.830. The zero-order valence-electron chi connectivity index (χ0n) is 14.6. The second-order valence-corrected chi connectivity index (χ2v) is 6.41. The minimum Gasteiger partial charge on any atom is -0.361 e. The van der Waals surface area contributed by atoms with Gasteiger partial charge in [0.2, 0.25) is 5.91 Å². The van der Waals surface area contributed by atoms with Crippen LogP contribution in [0.25, 0.3) is 0 Å². The van der Waals surface area contributed by atoms with Crippen molar-refractivity contribution in [2.75, 3.05) is 25.5 Å². The van der Waals surface area contributed by atoms with E-state index in [1.807, 2.05) is 43.1 Å². The van der Waals surface area contributed by atoms with Gasteiger partial charge in [0.15, 0.2) is 5.82 Å². The standard InChI is InChI=1S/C17H24N6O/c1-13-18-7-10-22(13)8-4-5-17(24)23-9-6-15-14(12-23)11-16(20-19-15)21(2)3/h7,10-11H,4-6,8-9,12H2,1-3H3. The fourth-order valence-corrected chi connectivity index (χ4v) is 2.95. The Morgan fingerprint density at radius 2 is 2.17 bits per heavy atom. The first kappa shape index (κ1) is 16.4. The third-order valence-electron chi connectivity index (χ3n) is 4.45. The van der Waals surface area contributed by atoms with Gasteiger partial charge in [-0.15, -0.1) is 5.10 Å². The van der Waals surface area contributed by atoms with Crippen molar-refractivity contribution in [3.8, 4) is 0 Å². The molecule has 0 saturated heterocycles. The third-order valence-corrected chi connectivity index (χ3v) is 4.45. The van der Waals surface area contributed by atoms with Gasteiger partial charge in [0.1, 0.15) is 5.82 Å². The Balaban J connectivity index is 1.57. The molecule has 7 heteroatoms. The van der Waals surface area contributed by atoms with Crippen molar-refractivity contribution in [2.24, 2.45) is 0 Å². The van der Waals surface area contributed by atoms with Crippen LogP contribution in [0.5, 0.6) is 0 Å². The van der Waals surface area contributed by atoms with Crippen LogP contribution in [0.2, 0.25) is 0 Å². The number of amides is 1. The molecule has 1 aliphatic rings. The summed E-state index contributed by atoms with van der Waals surface area (Å²) in [7, 11) is 3.89. The van der Waals surface area contributed by atoms with Gasteiger partial charge in [-0.05, 0) is 25.0 Å². The van der Waals surface area contributed by atoms with E-state index in [9.17, 15) is 4.79 Å². The summed E-state index contributed by atoms with van der Waals surface area (Å²) in [6.07, 6.45) is 5.92. The molecule has 0 N–H and O–H groups in total. The molecule has 1 amide bonds. The highest BCUT2D eigenvalue weighted by molar-refractivity contribution is 5.76. The molecule has 24 heavy (non-hydrogen) atoms. The number of rotatable bonds is 5. The maximum absolute atomic E-state index is 12.5. The van der Waals surface area contributed by atoms with Gasteiger partial charge in [-0.1, -0.05) is 0 Å². The van der Waals surface area contributed by atoms with Crippen LogP contribution in [0.1, 0.15) is 29.9 Å². The van der Waals surface area contributed by atoms with Crippen molar-refractivity contribution >= 4 is 11.7 Å². The summed E-state index contributed by atoms with van der Waals surface area (Å²) in [6, 6.07) is 2.04. The van der Waals surface area contributed by atoms with E-state index in [0.717, 1.165) is 48.8 Å². The molecule has 0 aliphatic carbocycles. The molecule has 0 unspecified atom stereocenters. The lowest BCUT2D eigenvalue weighted by Gasteiger charge is -2.28. The van der Waals surface area contributed by atoms with Gasteiger partial charge in [0, 0.05) is 59.0 Å². The Morgan fingerprint density at radius 3 is 2.88 bits per heavy atom. The highest BCUT2D eigenvalue weighted by Crippen LogP contribution is 2.20. The first-order valence-corrected chi connectivity index (χ1v) is 8.33. The fraction of sp³-hybridized carbons (Fsp3) is 0.529. The lowest BCUT2D eigenvalue weighted by molar-refractivity contribution is -0.132. The molecule has 0 atom stereocenters. The van der Waals surface area contributed by atoms with Crippen molar-refractivity contribution in [2.45, 2.75) is 39.3 Å². The average Bonchev–Trinajstić information content (AvgIpc) is 2.98. The predicted octanol–water partition coefficient (Wildman–Crippen LogP) is 1.41. The molecular formula is C17H24N6O. The number of anilines is 1. The van der Waals surface area contributed by atoms with Gasteiger partial charge in [0.05, 0.1) is 5.69 Å². The van der Waals surface area contributed by atoms with E-state index in [4.69, 9.17) is 0 Å². The van der Waals surface area contributed by atoms with Crippen LogP contribution >= 0.6 is 0 Å². The summed E-state index contributed by atoms with van der Waals surface area (Å²) in [4.78, 5) is 20.6. The van der Waals surface area contributed by atoms with Gasteiger partial charge in [-0.3, -0.25) is 4.79 Å². The van der Waals surface area contributed by atoms with E-state index in [1.165, 1.54) is 0 Å². The Kier molecular flexibility index (Phi) is 4.78. The molecule has 128 valence electrons. The van der Waals surface area contributed by atoms with Crippen molar-refractivity contribution in [1.29, 1.82) is 0 Å². The minimum atomic E-state index is 0.210. The molecule has 0 radical (unpaired) electrons. The van der Waals surface area contributed by atoms with Gasteiger partial charge < -0.3 is 14.4 Å². The number of hydrogen-bond donors (Lipinski definition) is 0. The Morgan fingerprint density at radius 1 is 1.33 bits per heavy atom. The van der Waals surface area contributed by atoms with E-state index >= 15 is 0 Å². The summed E-state index contributed by atoms with van der Waals surface area (Å²) < 4.78 is 2.08. The van der Waals surface area contributed by atoms with Crippen molar-refractivity contribution in [3.05, 3.63) is 35.5 Å². The second kappa shape index (κ2) is 6.98. The fourth-order valence-electron chi connectivity index (χ4n) is 2.95. The second-order valence-electron chi connectivity index (χ2n) is 6.41. The number of carbonyl (C=O) groups is 1. The lowest BCUT2D eigenvalue weighted by Crippen LogP contribution is -2.36. The number of hydrogen-bond acceptors (Lipinski definition) is 5. The van der Waals surface area contributed by atoms with E-state index in [2.05, 4.69) is 19.7 Å². The molecule has 3 rings (SSSR count). The molecule has 2 aromatic heterocycles. The Hall–Kier alpha value is -2.44. The third kappa shape index (κ3) is 3.55. The van der Waals surface area contributed by atoms with Crippen molar-refractivity contribution in [1.82, 2.24) is 24.6 Å². The molecule has 0 aromatic carbocycles. The van der Waals surface area contributed by atoms with Crippen LogP contribution in [-0.4, -0.2) is 51.2 Å². The van der Waals surface area contributed by atoms with Crippen LogP contribution in [0.4, 0.5) is 5.82 Å². The van der Waals surface area contributed by atoms with Crippen LogP contribution < -0.4 is 4.90 Å². The van der Waals surface area contributed by atoms with Gasteiger partial charge in [-0.25, -0.2) is 4.98 Å². The number of aryl methyl sites for hydroxylation is 2. The van der Waals surface area contributed by atoms with Crippen molar-refractivity contribution in [3.63, 3.8) is 0 Å². The summed E-state index contributed by atoms with van der Waals surface area (Å²) in [5, 5.41) is 8.51. The smallest absolute Gasteiger partial charge is 0.222 e. The molecule has 0 bridgehead atoms. The van der Waals surface area contributed by atoms with E-state index in [0.29, 0.717) is 13.0 Å². The summed E-state index contributed by atoms with van der Waals surface area (Å²) in [5.74, 6) is 2.03. The molecule has 0 spiro atoms. The van der Waals surface area contributed by atoms with Crippen LogP contribution in [0.15, 0.2) is 18.5 Å². The normalized spacial score (nSPS) is 13.7. The average molecular weight is 328 g/mol. The van der Waals surface area contributed by atoms with Crippen LogP contribution in [0, 0.1) is 6.92 Å². The summed E-state index contributed by atoms with van der Waals surface area (Å²) in [6.45, 7) is 4.17. The number of aromatic nitrogens is 4. The lowest BCUT2D eigenvalue weighted by atomic mass is 10.1. The molecule has 2 aromatic rings. The first-order valence-electron chi connectivity index (χ1n) is 8.33. The van der Waals surface area contributed by atoms with E-state index in [1.54, 1.807) is 6.20 Å². The van der Waals surface area contributed by atoms with Gasteiger partial charge >= 0.3 is 0 Å². The Labute approximate surface area is 142 Å².